The Bertz CT molecular complexity index is 2780. The van der Waals surface area contributed by atoms with Crippen LogP contribution < -0.4 is 0 Å². The third-order valence-corrected chi connectivity index (χ3v) is 12.4. The van der Waals surface area contributed by atoms with Gasteiger partial charge < -0.3 is 4.42 Å². The molecule has 2 heteroatoms. The standard InChI is InChI=1S/C50H32OS/c1-3-15-32(16-4-1)39-29-35(30-40-38-21-9-13-25-45(38)51-49(39)40)48(33-17-5-2-6-18-33)34-27-28-44-47(31-34)52-46-26-14-12-24-43(46)50(44)41-22-10-7-19-36(41)37-20-8-11-23-42(37)50/h1-31,48H. The molecule has 0 saturated heterocycles. The van der Waals surface area contributed by atoms with E-state index in [1.807, 2.05) is 11.8 Å². The molecule has 0 N–H and O–H groups in total. The smallest absolute Gasteiger partial charge is 0.143 e. The second kappa shape index (κ2) is 11.5. The maximum absolute atomic E-state index is 6.60. The lowest BCUT2D eigenvalue weighted by molar-refractivity contribution is 0.670. The summed E-state index contributed by atoms with van der Waals surface area (Å²) in [4.78, 5) is 2.62. The van der Waals surface area contributed by atoms with Gasteiger partial charge in [-0.1, -0.05) is 169 Å². The summed E-state index contributed by atoms with van der Waals surface area (Å²) in [5.74, 6) is 0.00361. The fourth-order valence-corrected chi connectivity index (χ4v) is 10.4. The van der Waals surface area contributed by atoms with Gasteiger partial charge in [-0.2, -0.15) is 0 Å². The van der Waals surface area contributed by atoms with Crippen molar-refractivity contribution in [1.82, 2.24) is 0 Å². The number of hydrogen-bond donors (Lipinski definition) is 0. The van der Waals surface area contributed by atoms with Crippen LogP contribution in [0.4, 0.5) is 0 Å². The van der Waals surface area contributed by atoms with Crippen molar-refractivity contribution in [3.05, 3.63) is 227 Å². The molecule has 52 heavy (non-hydrogen) atoms. The lowest BCUT2D eigenvalue weighted by Crippen LogP contribution is -2.32. The van der Waals surface area contributed by atoms with E-state index in [4.69, 9.17) is 4.42 Å². The molecule has 1 aliphatic carbocycles. The van der Waals surface area contributed by atoms with E-state index in [9.17, 15) is 0 Å². The third kappa shape index (κ3) is 4.19. The quantitative estimate of drug-likeness (QED) is 0.172. The Hall–Kier alpha value is -6.09. The van der Waals surface area contributed by atoms with Gasteiger partial charge in [0.2, 0.25) is 0 Å². The van der Waals surface area contributed by atoms with Crippen LogP contribution in [0.5, 0.6) is 0 Å². The summed E-state index contributed by atoms with van der Waals surface area (Å²) in [6, 6.07) is 69.2. The van der Waals surface area contributed by atoms with E-state index >= 15 is 0 Å². The van der Waals surface area contributed by atoms with Gasteiger partial charge in [-0.05, 0) is 86.0 Å². The molecule has 2 heterocycles. The first-order valence-electron chi connectivity index (χ1n) is 18.0. The van der Waals surface area contributed by atoms with Crippen molar-refractivity contribution in [3.63, 3.8) is 0 Å². The van der Waals surface area contributed by atoms with E-state index in [-0.39, 0.29) is 11.3 Å². The summed E-state index contributed by atoms with van der Waals surface area (Å²) >= 11 is 1.91. The predicted molar refractivity (Wildman–Crippen MR) is 214 cm³/mol. The van der Waals surface area contributed by atoms with Gasteiger partial charge in [-0.25, -0.2) is 0 Å². The van der Waals surface area contributed by atoms with Crippen LogP contribution in [0.25, 0.3) is 44.2 Å². The van der Waals surface area contributed by atoms with E-state index in [0.717, 1.165) is 33.1 Å². The van der Waals surface area contributed by atoms with Gasteiger partial charge in [0.25, 0.3) is 0 Å². The Morgan fingerprint density at radius 2 is 1.02 bits per heavy atom. The molecule has 8 aromatic carbocycles. The molecule has 2 aliphatic rings. The van der Waals surface area contributed by atoms with Crippen LogP contribution in [-0.4, -0.2) is 0 Å². The molecule has 0 amide bonds. The Labute approximate surface area is 307 Å². The first-order valence-corrected chi connectivity index (χ1v) is 18.8. The highest BCUT2D eigenvalue weighted by molar-refractivity contribution is 7.99. The SMILES string of the molecule is c1ccc(-c2cc(C(c3ccccc3)c3ccc4c(c3)Sc3ccccc3C43c4ccccc4-c4ccccc43)cc3c2oc2ccccc23)cc1. The lowest BCUT2D eigenvalue weighted by Gasteiger charge is -2.40. The molecule has 0 saturated carbocycles. The highest BCUT2D eigenvalue weighted by Crippen LogP contribution is 2.62. The zero-order valence-corrected chi connectivity index (χ0v) is 29.1. The van der Waals surface area contributed by atoms with Crippen molar-refractivity contribution in [2.75, 3.05) is 0 Å². The van der Waals surface area contributed by atoms with Crippen molar-refractivity contribution in [1.29, 1.82) is 0 Å². The van der Waals surface area contributed by atoms with Crippen LogP contribution in [0.3, 0.4) is 0 Å². The molecular formula is C50H32OS. The number of fused-ring (bicyclic) bond motifs is 12. The topological polar surface area (TPSA) is 13.1 Å². The van der Waals surface area contributed by atoms with E-state index in [0.29, 0.717) is 0 Å². The fraction of sp³-hybridized carbons (Fsp3) is 0.0400. The maximum atomic E-state index is 6.60. The summed E-state index contributed by atoms with van der Waals surface area (Å²) < 4.78 is 6.60. The summed E-state index contributed by atoms with van der Waals surface area (Å²) in [7, 11) is 0. The first kappa shape index (κ1) is 29.6. The molecule has 1 unspecified atom stereocenters. The van der Waals surface area contributed by atoms with Gasteiger partial charge in [-0.15, -0.1) is 0 Å². The van der Waals surface area contributed by atoms with Crippen molar-refractivity contribution in [2.45, 2.75) is 21.1 Å². The number of furan rings is 1. The van der Waals surface area contributed by atoms with Crippen LogP contribution in [0.2, 0.25) is 0 Å². The first-order chi connectivity index (χ1) is 25.8. The van der Waals surface area contributed by atoms with Crippen LogP contribution in [-0.2, 0) is 5.41 Å². The van der Waals surface area contributed by atoms with Gasteiger partial charge in [0, 0.05) is 32.0 Å². The van der Waals surface area contributed by atoms with Gasteiger partial charge in [-0.3, -0.25) is 0 Å². The molecule has 0 bridgehead atoms. The van der Waals surface area contributed by atoms with Crippen molar-refractivity contribution in [2.24, 2.45) is 0 Å². The molecular weight excluding hydrogens is 649 g/mol. The highest BCUT2D eigenvalue weighted by atomic mass is 32.2. The zero-order chi connectivity index (χ0) is 34.2. The van der Waals surface area contributed by atoms with Crippen LogP contribution in [0.1, 0.15) is 44.9 Å². The Morgan fingerprint density at radius 3 is 1.79 bits per heavy atom. The summed E-state index contributed by atoms with van der Waals surface area (Å²) in [5, 5.41) is 2.29. The van der Waals surface area contributed by atoms with Gasteiger partial charge in [0.1, 0.15) is 11.2 Å². The molecule has 0 radical (unpaired) electrons. The number of para-hydroxylation sites is 1. The Kier molecular flexibility index (Phi) is 6.53. The molecule has 1 atom stereocenters. The molecule has 244 valence electrons. The monoisotopic (exact) mass is 680 g/mol. The molecule has 1 nitrogen and oxygen atoms in total. The van der Waals surface area contributed by atoms with E-state index in [2.05, 4.69) is 188 Å². The predicted octanol–water partition coefficient (Wildman–Crippen LogP) is 13.3. The van der Waals surface area contributed by atoms with E-state index in [1.54, 1.807) is 0 Å². The Morgan fingerprint density at radius 1 is 0.404 bits per heavy atom. The van der Waals surface area contributed by atoms with Gasteiger partial charge >= 0.3 is 0 Å². The normalized spacial score (nSPS) is 14.2. The molecule has 0 fully saturated rings. The minimum atomic E-state index is -0.389. The second-order valence-corrected chi connectivity index (χ2v) is 15.0. The van der Waals surface area contributed by atoms with Crippen molar-refractivity contribution >= 4 is 33.7 Å². The van der Waals surface area contributed by atoms with Gasteiger partial charge in [0.15, 0.2) is 0 Å². The fourth-order valence-electron chi connectivity index (χ4n) is 9.13. The summed E-state index contributed by atoms with van der Waals surface area (Å²) in [6.45, 7) is 0. The highest BCUT2D eigenvalue weighted by Gasteiger charge is 2.50. The minimum absolute atomic E-state index is 0.00361. The van der Waals surface area contributed by atoms with E-state index in [1.165, 1.54) is 59.9 Å². The third-order valence-electron chi connectivity index (χ3n) is 11.3. The molecule has 11 rings (SSSR count). The number of hydrogen-bond acceptors (Lipinski definition) is 2. The zero-order valence-electron chi connectivity index (χ0n) is 28.3. The molecule has 1 aromatic heterocycles. The molecule has 1 spiro atoms. The summed E-state index contributed by atoms with van der Waals surface area (Å²) in [5.41, 5.74) is 15.6. The van der Waals surface area contributed by atoms with Crippen LogP contribution in [0, 0.1) is 0 Å². The maximum Gasteiger partial charge on any atom is 0.143 e. The lowest BCUT2D eigenvalue weighted by atomic mass is 9.67. The average Bonchev–Trinajstić information content (AvgIpc) is 3.73. The van der Waals surface area contributed by atoms with Crippen molar-refractivity contribution < 1.29 is 4.42 Å². The van der Waals surface area contributed by atoms with E-state index < -0.39 is 0 Å². The Balaban J connectivity index is 1.18. The van der Waals surface area contributed by atoms with Crippen LogP contribution in [0.15, 0.2) is 202 Å². The second-order valence-electron chi connectivity index (χ2n) is 13.9. The molecule has 1 aliphatic heterocycles. The van der Waals surface area contributed by atoms with Crippen LogP contribution >= 0.6 is 11.8 Å². The molecule has 9 aromatic rings. The van der Waals surface area contributed by atoms with Gasteiger partial charge in [0.05, 0.1) is 5.41 Å². The average molecular weight is 681 g/mol. The van der Waals surface area contributed by atoms with Crippen molar-refractivity contribution in [3.8, 4) is 22.3 Å². The number of rotatable bonds is 4. The summed E-state index contributed by atoms with van der Waals surface area (Å²) in [6.07, 6.45) is 0. The largest absolute Gasteiger partial charge is 0.455 e. The minimum Gasteiger partial charge on any atom is -0.455 e. The number of benzene rings is 8.